The highest BCUT2D eigenvalue weighted by Crippen LogP contribution is 2.41. The Morgan fingerprint density at radius 3 is 2.56 bits per heavy atom. The fourth-order valence-electron chi connectivity index (χ4n) is 3.20. The van der Waals surface area contributed by atoms with Crippen LogP contribution in [-0.4, -0.2) is 0 Å². The van der Waals surface area contributed by atoms with Crippen LogP contribution in [0.1, 0.15) is 76.3 Å². The van der Waals surface area contributed by atoms with Crippen LogP contribution < -0.4 is 0 Å². The van der Waals surface area contributed by atoms with Crippen LogP contribution in [0.15, 0.2) is 24.3 Å². The molecule has 0 N–H and O–H groups in total. The summed E-state index contributed by atoms with van der Waals surface area (Å²) in [6, 6.07) is 9.39. The summed E-state index contributed by atoms with van der Waals surface area (Å²) in [6.07, 6.45) is 5.40. The van der Waals surface area contributed by atoms with E-state index in [4.69, 9.17) is 0 Å². The summed E-state index contributed by atoms with van der Waals surface area (Å²) in [7, 11) is 0. The van der Waals surface area contributed by atoms with Crippen LogP contribution in [0.25, 0.3) is 0 Å². The fourth-order valence-corrected chi connectivity index (χ4v) is 3.20. The Kier molecular flexibility index (Phi) is 4.48. The second-order valence-corrected chi connectivity index (χ2v) is 6.59. The molecular weight excluding hydrogens is 216 g/mol. The van der Waals surface area contributed by atoms with Crippen molar-refractivity contribution in [3.63, 3.8) is 0 Å². The van der Waals surface area contributed by atoms with E-state index >= 15 is 0 Å². The van der Waals surface area contributed by atoms with Crippen LogP contribution in [0.5, 0.6) is 0 Å². The van der Waals surface area contributed by atoms with E-state index < -0.39 is 0 Å². The molecule has 100 valence electrons. The summed E-state index contributed by atoms with van der Waals surface area (Å²) in [5.74, 6) is 3.33. The molecule has 18 heavy (non-hydrogen) atoms. The summed E-state index contributed by atoms with van der Waals surface area (Å²) in [4.78, 5) is 0. The van der Waals surface area contributed by atoms with Crippen molar-refractivity contribution in [3.05, 3.63) is 35.4 Å². The van der Waals surface area contributed by atoms with Crippen LogP contribution in [0.4, 0.5) is 0 Å². The number of hydrogen-bond acceptors (Lipinski definition) is 0. The Morgan fingerprint density at radius 2 is 1.94 bits per heavy atom. The van der Waals surface area contributed by atoms with Crippen molar-refractivity contribution in [1.82, 2.24) is 0 Å². The van der Waals surface area contributed by atoms with Crippen molar-refractivity contribution in [3.8, 4) is 0 Å². The van der Waals surface area contributed by atoms with Gasteiger partial charge < -0.3 is 0 Å². The molecule has 2 rings (SSSR count). The van der Waals surface area contributed by atoms with Crippen LogP contribution in [0.2, 0.25) is 0 Å². The first kappa shape index (κ1) is 13.6. The smallest absolute Gasteiger partial charge is 0.0157 e. The summed E-state index contributed by atoms with van der Waals surface area (Å²) in [6.45, 7) is 9.41. The Labute approximate surface area is 113 Å². The number of hydrogen-bond donors (Lipinski definition) is 0. The van der Waals surface area contributed by atoms with E-state index in [-0.39, 0.29) is 0 Å². The first-order chi connectivity index (χ1) is 8.60. The van der Waals surface area contributed by atoms with Crippen LogP contribution in [-0.2, 0) is 0 Å². The van der Waals surface area contributed by atoms with Gasteiger partial charge in [0, 0.05) is 0 Å². The standard InChI is InChI=1S/C18H28/c1-5-13(2)9-15(4)16-7-6-8-17(12-16)18-10-14(3)11-18/h6-8,12-15,18H,5,9-11H2,1-4H3. The molecule has 0 nitrogen and oxygen atoms in total. The average Bonchev–Trinajstić information content (AvgIpc) is 2.35. The van der Waals surface area contributed by atoms with Crippen LogP contribution in [0, 0.1) is 11.8 Å². The molecule has 2 atom stereocenters. The molecule has 1 aromatic carbocycles. The van der Waals surface area contributed by atoms with Gasteiger partial charge in [0.25, 0.3) is 0 Å². The minimum absolute atomic E-state index is 0.706. The molecule has 0 heteroatoms. The van der Waals surface area contributed by atoms with Crippen molar-refractivity contribution in [1.29, 1.82) is 0 Å². The molecule has 1 saturated carbocycles. The molecule has 0 aliphatic heterocycles. The highest BCUT2D eigenvalue weighted by molar-refractivity contribution is 5.30. The van der Waals surface area contributed by atoms with Crippen molar-refractivity contribution in [2.24, 2.45) is 11.8 Å². The van der Waals surface area contributed by atoms with Crippen LogP contribution in [0.3, 0.4) is 0 Å². The molecule has 1 aliphatic carbocycles. The van der Waals surface area contributed by atoms with Gasteiger partial charge in [-0.05, 0) is 54.1 Å². The van der Waals surface area contributed by atoms with Crippen molar-refractivity contribution < 1.29 is 0 Å². The maximum atomic E-state index is 2.48. The monoisotopic (exact) mass is 244 g/mol. The molecule has 0 radical (unpaired) electrons. The van der Waals surface area contributed by atoms with Gasteiger partial charge in [0.05, 0.1) is 0 Å². The lowest BCUT2D eigenvalue weighted by molar-refractivity contribution is 0.288. The van der Waals surface area contributed by atoms with Gasteiger partial charge in [0.15, 0.2) is 0 Å². The topological polar surface area (TPSA) is 0 Å². The minimum atomic E-state index is 0.706. The molecule has 0 saturated heterocycles. The van der Waals surface area contributed by atoms with Crippen molar-refractivity contribution >= 4 is 0 Å². The fraction of sp³-hybridized carbons (Fsp3) is 0.667. The summed E-state index contributed by atoms with van der Waals surface area (Å²) in [5, 5.41) is 0. The Balaban J connectivity index is 2.02. The first-order valence-electron chi connectivity index (χ1n) is 7.70. The van der Waals surface area contributed by atoms with E-state index in [1.165, 1.54) is 25.7 Å². The van der Waals surface area contributed by atoms with Gasteiger partial charge in [-0.3, -0.25) is 0 Å². The highest BCUT2D eigenvalue weighted by atomic mass is 14.3. The predicted molar refractivity (Wildman–Crippen MR) is 80.1 cm³/mol. The number of rotatable bonds is 5. The van der Waals surface area contributed by atoms with Gasteiger partial charge in [0.2, 0.25) is 0 Å². The van der Waals surface area contributed by atoms with E-state index in [2.05, 4.69) is 52.0 Å². The quantitative estimate of drug-likeness (QED) is 0.619. The summed E-state index contributed by atoms with van der Waals surface area (Å²) in [5.41, 5.74) is 3.13. The van der Waals surface area contributed by atoms with Gasteiger partial charge in [-0.15, -0.1) is 0 Å². The molecule has 0 heterocycles. The van der Waals surface area contributed by atoms with E-state index in [9.17, 15) is 0 Å². The zero-order valence-corrected chi connectivity index (χ0v) is 12.4. The third kappa shape index (κ3) is 3.16. The van der Waals surface area contributed by atoms with Crippen molar-refractivity contribution in [2.45, 2.75) is 65.2 Å². The third-order valence-corrected chi connectivity index (χ3v) is 4.78. The second-order valence-electron chi connectivity index (χ2n) is 6.59. The van der Waals surface area contributed by atoms with Crippen LogP contribution >= 0.6 is 0 Å². The lowest BCUT2D eigenvalue weighted by atomic mass is 9.72. The maximum absolute atomic E-state index is 2.48. The number of benzene rings is 1. The Morgan fingerprint density at radius 1 is 1.22 bits per heavy atom. The normalized spacial score (nSPS) is 26.4. The van der Waals surface area contributed by atoms with Gasteiger partial charge in [-0.2, -0.15) is 0 Å². The lowest BCUT2D eigenvalue weighted by Crippen LogP contribution is -2.19. The molecule has 1 aliphatic rings. The lowest BCUT2D eigenvalue weighted by Gasteiger charge is -2.33. The summed E-state index contributed by atoms with van der Waals surface area (Å²) >= 11 is 0. The average molecular weight is 244 g/mol. The highest BCUT2D eigenvalue weighted by Gasteiger charge is 2.26. The Hall–Kier alpha value is -0.780. The zero-order chi connectivity index (χ0) is 13.1. The van der Waals surface area contributed by atoms with Gasteiger partial charge in [-0.25, -0.2) is 0 Å². The molecule has 2 unspecified atom stereocenters. The van der Waals surface area contributed by atoms with Gasteiger partial charge >= 0.3 is 0 Å². The van der Waals surface area contributed by atoms with Gasteiger partial charge in [0.1, 0.15) is 0 Å². The second kappa shape index (κ2) is 5.91. The van der Waals surface area contributed by atoms with E-state index in [0.717, 1.165) is 17.8 Å². The van der Waals surface area contributed by atoms with E-state index in [1.807, 2.05) is 0 Å². The zero-order valence-electron chi connectivity index (χ0n) is 12.4. The van der Waals surface area contributed by atoms with E-state index in [1.54, 1.807) is 11.1 Å². The predicted octanol–water partition coefficient (Wildman–Crippen LogP) is 5.74. The van der Waals surface area contributed by atoms with E-state index in [0.29, 0.717) is 5.92 Å². The molecular formula is C18H28. The van der Waals surface area contributed by atoms with Crippen molar-refractivity contribution in [2.75, 3.05) is 0 Å². The third-order valence-electron chi connectivity index (χ3n) is 4.78. The molecule has 0 bridgehead atoms. The molecule has 0 spiro atoms. The largest absolute Gasteiger partial charge is 0.0651 e. The minimum Gasteiger partial charge on any atom is -0.0651 e. The summed E-state index contributed by atoms with van der Waals surface area (Å²) < 4.78 is 0. The molecule has 1 fully saturated rings. The molecule has 0 aromatic heterocycles. The SMILES string of the molecule is CCC(C)CC(C)c1cccc(C2CC(C)C2)c1. The first-order valence-corrected chi connectivity index (χ1v) is 7.70. The molecule has 0 amide bonds. The Bertz CT molecular complexity index is 373. The maximum Gasteiger partial charge on any atom is -0.0157 e. The van der Waals surface area contributed by atoms with Gasteiger partial charge in [-0.1, -0.05) is 58.4 Å². The molecule has 1 aromatic rings.